The Kier molecular flexibility index (Phi) is 6.05. The number of benzene rings is 3. The fraction of sp³-hybridized carbons (Fsp3) is 0.100. The lowest BCUT2D eigenvalue weighted by Crippen LogP contribution is -2.30. The molecule has 0 unspecified atom stereocenters. The summed E-state index contributed by atoms with van der Waals surface area (Å²) in [6, 6.07) is 18.2. The number of nitrogens with zero attached hydrogens (tertiary/aromatic N) is 2. The maximum absolute atomic E-state index is 13.3. The molecule has 0 N–H and O–H groups in total. The molecular formula is C20H17ClN2O5S. The van der Waals surface area contributed by atoms with E-state index < -0.39 is 14.9 Å². The second kappa shape index (κ2) is 8.50. The van der Waals surface area contributed by atoms with Gasteiger partial charge in [-0.25, -0.2) is 8.42 Å². The highest BCUT2D eigenvalue weighted by atomic mass is 35.5. The number of hydrogen-bond acceptors (Lipinski definition) is 5. The molecule has 0 saturated carbocycles. The van der Waals surface area contributed by atoms with E-state index in [1.807, 2.05) is 0 Å². The normalized spacial score (nSPS) is 11.1. The summed E-state index contributed by atoms with van der Waals surface area (Å²) in [7, 11) is -2.44. The number of anilines is 1. The van der Waals surface area contributed by atoms with Crippen LogP contribution in [0.15, 0.2) is 77.7 Å². The van der Waals surface area contributed by atoms with Crippen molar-refractivity contribution in [1.29, 1.82) is 0 Å². The molecule has 0 aromatic heterocycles. The van der Waals surface area contributed by atoms with Crippen LogP contribution in [0.4, 0.5) is 11.4 Å². The molecule has 0 aliphatic rings. The van der Waals surface area contributed by atoms with E-state index >= 15 is 0 Å². The molecule has 150 valence electrons. The van der Waals surface area contributed by atoms with Crippen molar-refractivity contribution in [1.82, 2.24) is 0 Å². The summed E-state index contributed by atoms with van der Waals surface area (Å²) in [5.41, 5.74) is 0.979. The summed E-state index contributed by atoms with van der Waals surface area (Å²) < 4.78 is 33.0. The number of hydrogen-bond donors (Lipinski definition) is 0. The number of non-ortho nitro benzene ring substituents is 1. The van der Waals surface area contributed by atoms with Crippen LogP contribution in [-0.2, 0) is 16.6 Å². The third-order valence-electron chi connectivity index (χ3n) is 4.24. The Morgan fingerprint density at radius 1 is 0.966 bits per heavy atom. The van der Waals surface area contributed by atoms with Crippen LogP contribution >= 0.6 is 11.6 Å². The van der Waals surface area contributed by atoms with Crippen molar-refractivity contribution in [3.8, 4) is 5.75 Å². The minimum Gasteiger partial charge on any atom is -0.497 e. The van der Waals surface area contributed by atoms with Crippen molar-refractivity contribution in [2.24, 2.45) is 0 Å². The molecule has 0 heterocycles. The standard InChI is InChI=1S/C20H17ClN2O5S/c1-28-19-10-2-15(3-11-19)14-22(17-6-4-16(21)5-7-17)29(26,27)20-12-8-18(9-13-20)23(24)25/h2-13H,14H2,1H3. The minimum absolute atomic E-state index is 0.0495. The Balaban J connectivity index is 2.02. The van der Waals surface area contributed by atoms with E-state index in [2.05, 4.69) is 0 Å². The van der Waals surface area contributed by atoms with Gasteiger partial charge >= 0.3 is 0 Å². The van der Waals surface area contributed by atoms with Crippen molar-refractivity contribution < 1.29 is 18.1 Å². The first-order chi connectivity index (χ1) is 13.8. The van der Waals surface area contributed by atoms with E-state index in [1.54, 1.807) is 55.6 Å². The molecule has 29 heavy (non-hydrogen) atoms. The van der Waals surface area contributed by atoms with Gasteiger partial charge in [0.25, 0.3) is 15.7 Å². The number of methoxy groups -OCH3 is 1. The van der Waals surface area contributed by atoms with Crippen LogP contribution in [0.3, 0.4) is 0 Å². The number of sulfonamides is 1. The quantitative estimate of drug-likeness (QED) is 0.400. The summed E-state index contributed by atoms with van der Waals surface area (Å²) in [4.78, 5) is 10.2. The van der Waals surface area contributed by atoms with Crippen LogP contribution < -0.4 is 9.04 Å². The van der Waals surface area contributed by atoms with Gasteiger partial charge in [-0.05, 0) is 54.1 Å². The number of nitro groups is 1. The minimum atomic E-state index is -3.99. The van der Waals surface area contributed by atoms with Crippen LogP contribution in [0.25, 0.3) is 0 Å². The van der Waals surface area contributed by atoms with Crippen molar-refractivity contribution in [3.05, 3.63) is 93.5 Å². The van der Waals surface area contributed by atoms with Gasteiger partial charge in [-0.3, -0.25) is 14.4 Å². The van der Waals surface area contributed by atoms with Crippen molar-refractivity contribution >= 4 is 33.0 Å². The lowest BCUT2D eigenvalue weighted by molar-refractivity contribution is -0.384. The van der Waals surface area contributed by atoms with Crippen molar-refractivity contribution in [3.63, 3.8) is 0 Å². The first kappa shape index (κ1) is 20.6. The highest BCUT2D eigenvalue weighted by molar-refractivity contribution is 7.92. The monoisotopic (exact) mass is 432 g/mol. The molecule has 3 rings (SSSR count). The van der Waals surface area contributed by atoms with Crippen molar-refractivity contribution in [2.75, 3.05) is 11.4 Å². The predicted octanol–water partition coefficient (Wildman–Crippen LogP) is 4.65. The average molecular weight is 433 g/mol. The Labute approximate surface area is 173 Å². The van der Waals surface area contributed by atoms with Crippen LogP contribution in [0.5, 0.6) is 5.75 Å². The van der Waals surface area contributed by atoms with Crippen LogP contribution in [0.1, 0.15) is 5.56 Å². The smallest absolute Gasteiger partial charge is 0.269 e. The highest BCUT2D eigenvalue weighted by Gasteiger charge is 2.26. The van der Waals surface area contributed by atoms with E-state index in [1.165, 1.54) is 28.6 Å². The molecule has 0 atom stereocenters. The lowest BCUT2D eigenvalue weighted by atomic mass is 10.2. The topological polar surface area (TPSA) is 89.8 Å². The summed E-state index contributed by atoms with van der Waals surface area (Å²) >= 11 is 5.94. The van der Waals surface area contributed by atoms with Crippen molar-refractivity contribution in [2.45, 2.75) is 11.4 Å². The van der Waals surface area contributed by atoms with Crippen LogP contribution in [0.2, 0.25) is 5.02 Å². The van der Waals surface area contributed by atoms with Gasteiger partial charge in [0.2, 0.25) is 0 Å². The van der Waals surface area contributed by atoms with E-state index in [9.17, 15) is 18.5 Å². The number of rotatable bonds is 7. The molecule has 0 fully saturated rings. The largest absolute Gasteiger partial charge is 0.497 e. The fourth-order valence-corrected chi connectivity index (χ4v) is 4.27. The third kappa shape index (κ3) is 4.67. The molecule has 0 bridgehead atoms. The summed E-state index contributed by atoms with van der Waals surface area (Å²) in [6.07, 6.45) is 0. The number of nitro benzene ring substituents is 1. The number of ether oxygens (including phenoxy) is 1. The van der Waals surface area contributed by atoms with Gasteiger partial charge in [-0.2, -0.15) is 0 Å². The van der Waals surface area contributed by atoms with E-state index in [-0.39, 0.29) is 17.1 Å². The van der Waals surface area contributed by atoms with E-state index in [0.29, 0.717) is 16.5 Å². The summed E-state index contributed by atoms with van der Waals surface area (Å²) in [5.74, 6) is 0.657. The highest BCUT2D eigenvalue weighted by Crippen LogP contribution is 2.28. The molecule has 0 amide bonds. The van der Waals surface area contributed by atoms with Gasteiger partial charge in [0.05, 0.1) is 29.2 Å². The zero-order valence-electron chi connectivity index (χ0n) is 15.4. The van der Waals surface area contributed by atoms with E-state index in [0.717, 1.165) is 5.56 Å². The fourth-order valence-electron chi connectivity index (χ4n) is 2.69. The Bertz CT molecular complexity index is 1100. The van der Waals surface area contributed by atoms with Gasteiger partial charge in [0.15, 0.2) is 0 Å². The first-order valence-electron chi connectivity index (χ1n) is 8.47. The zero-order valence-corrected chi connectivity index (χ0v) is 16.9. The molecule has 0 spiro atoms. The van der Waals surface area contributed by atoms with E-state index in [4.69, 9.17) is 16.3 Å². The second-order valence-electron chi connectivity index (χ2n) is 6.09. The Morgan fingerprint density at radius 3 is 2.07 bits per heavy atom. The van der Waals surface area contributed by atoms with Gasteiger partial charge < -0.3 is 4.74 Å². The molecule has 3 aromatic rings. The van der Waals surface area contributed by atoms with Gasteiger partial charge in [0, 0.05) is 17.2 Å². The molecule has 3 aromatic carbocycles. The van der Waals surface area contributed by atoms with Gasteiger partial charge in [-0.15, -0.1) is 0 Å². The van der Waals surface area contributed by atoms with Crippen LogP contribution in [-0.4, -0.2) is 20.5 Å². The molecule has 0 aliphatic heterocycles. The molecule has 0 aliphatic carbocycles. The molecular weight excluding hydrogens is 416 g/mol. The first-order valence-corrected chi connectivity index (χ1v) is 10.3. The van der Waals surface area contributed by atoms with Gasteiger partial charge in [-0.1, -0.05) is 23.7 Å². The van der Waals surface area contributed by atoms with Gasteiger partial charge in [0.1, 0.15) is 5.75 Å². The van der Waals surface area contributed by atoms with Crippen LogP contribution in [0, 0.1) is 10.1 Å². The maximum atomic E-state index is 13.3. The SMILES string of the molecule is COc1ccc(CN(c2ccc(Cl)cc2)S(=O)(=O)c2ccc([N+](=O)[O-])cc2)cc1. The zero-order chi connectivity index (χ0) is 21.0. The summed E-state index contributed by atoms with van der Waals surface area (Å²) in [6.45, 7) is 0.0605. The lowest BCUT2D eigenvalue weighted by Gasteiger charge is -2.25. The molecule has 0 radical (unpaired) electrons. The molecule has 0 saturated heterocycles. The Hall–Kier alpha value is -3.10. The molecule has 7 nitrogen and oxygen atoms in total. The second-order valence-corrected chi connectivity index (χ2v) is 8.39. The Morgan fingerprint density at radius 2 is 1.55 bits per heavy atom. The summed E-state index contributed by atoms with van der Waals surface area (Å²) in [5, 5.41) is 11.3. The maximum Gasteiger partial charge on any atom is 0.269 e. The average Bonchev–Trinajstić information content (AvgIpc) is 2.73. The predicted molar refractivity (Wildman–Crippen MR) is 111 cm³/mol. The third-order valence-corrected chi connectivity index (χ3v) is 6.28. The molecule has 9 heteroatoms. The number of halogens is 1.